The van der Waals surface area contributed by atoms with E-state index in [9.17, 15) is 4.79 Å². The Balaban J connectivity index is 2.14. The number of carbonyl (C=O) groups excluding carboxylic acids is 1. The van der Waals surface area contributed by atoms with Crippen LogP contribution in [0.3, 0.4) is 0 Å². The van der Waals surface area contributed by atoms with Gasteiger partial charge in [0.2, 0.25) is 5.91 Å². The molecule has 4 nitrogen and oxygen atoms in total. The number of carbonyl (C=O) groups is 1. The number of hydrogen-bond donors (Lipinski definition) is 2. The standard InChI is InChI=1S/C12H14ClN3O/c1-7-8(13)2-3-9-11(7)16-5-4-14-6-10(16)12(17)15-9/h2-3,10,14H,4-6H2,1H3,(H,15,17). The zero-order chi connectivity index (χ0) is 12.0. The maximum absolute atomic E-state index is 12.0. The van der Waals surface area contributed by atoms with Gasteiger partial charge >= 0.3 is 0 Å². The molecule has 90 valence electrons. The molecule has 1 amide bonds. The van der Waals surface area contributed by atoms with Crippen LogP contribution in [0.5, 0.6) is 0 Å². The minimum absolute atomic E-state index is 0.0615. The fourth-order valence-corrected chi connectivity index (χ4v) is 2.72. The molecule has 0 spiro atoms. The lowest BCUT2D eigenvalue weighted by molar-refractivity contribution is -0.117. The van der Waals surface area contributed by atoms with Crippen LogP contribution >= 0.6 is 11.6 Å². The highest BCUT2D eigenvalue weighted by molar-refractivity contribution is 6.32. The van der Waals surface area contributed by atoms with Crippen LogP contribution in [0.25, 0.3) is 0 Å². The number of anilines is 2. The summed E-state index contributed by atoms with van der Waals surface area (Å²) >= 11 is 6.16. The van der Waals surface area contributed by atoms with Crippen molar-refractivity contribution in [3.8, 4) is 0 Å². The summed E-state index contributed by atoms with van der Waals surface area (Å²) in [4.78, 5) is 14.1. The summed E-state index contributed by atoms with van der Waals surface area (Å²) in [5, 5.41) is 6.94. The van der Waals surface area contributed by atoms with E-state index in [2.05, 4.69) is 15.5 Å². The summed E-state index contributed by atoms with van der Waals surface area (Å²) in [6.07, 6.45) is 0. The van der Waals surface area contributed by atoms with Crippen molar-refractivity contribution in [3.63, 3.8) is 0 Å². The number of nitrogens with one attached hydrogen (secondary N) is 2. The molecule has 1 aromatic rings. The highest BCUT2D eigenvalue weighted by Crippen LogP contribution is 2.38. The van der Waals surface area contributed by atoms with Gasteiger partial charge in [-0.05, 0) is 24.6 Å². The Morgan fingerprint density at radius 1 is 1.47 bits per heavy atom. The second kappa shape index (κ2) is 3.89. The smallest absolute Gasteiger partial charge is 0.248 e. The minimum atomic E-state index is -0.117. The average Bonchev–Trinajstić information content (AvgIpc) is 2.34. The highest BCUT2D eigenvalue weighted by atomic mass is 35.5. The van der Waals surface area contributed by atoms with Gasteiger partial charge in [0.15, 0.2) is 0 Å². The van der Waals surface area contributed by atoms with E-state index in [1.165, 1.54) is 0 Å². The van der Waals surface area contributed by atoms with Gasteiger partial charge in [-0.15, -0.1) is 0 Å². The molecule has 0 bridgehead atoms. The normalized spacial score (nSPS) is 22.8. The van der Waals surface area contributed by atoms with Crippen molar-refractivity contribution in [1.82, 2.24) is 5.32 Å². The monoisotopic (exact) mass is 251 g/mol. The molecule has 2 aliphatic rings. The molecule has 2 heterocycles. The Kier molecular flexibility index (Phi) is 2.49. The second-order valence-corrected chi connectivity index (χ2v) is 4.88. The molecule has 1 unspecified atom stereocenters. The Bertz CT molecular complexity index is 489. The third kappa shape index (κ3) is 1.59. The van der Waals surface area contributed by atoms with Crippen LogP contribution in [0.15, 0.2) is 12.1 Å². The highest BCUT2D eigenvalue weighted by Gasteiger charge is 2.35. The maximum Gasteiger partial charge on any atom is 0.248 e. The lowest BCUT2D eigenvalue weighted by Gasteiger charge is -2.42. The van der Waals surface area contributed by atoms with Crippen molar-refractivity contribution < 1.29 is 4.79 Å². The summed E-state index contributed by atoms with van der Waals surface area (Å²) in [6, 6.07) is 3.59. The zero-order valence-electron chi connectivity index (χ0n) is 9.59. The molecule has 1 saturated heterocycles. The van der Waals surface area contributed by atoms with Crippen molar-refractivity contribution in [3.05, 3.63) is 22.7 Å². The Morgan fingerprint density at radius 3 is 3.12 bits per heavy atom. The van der Waals surface area contributed by atoms with Crippen molar-refractivity contribution >= 4 is 28.9 Å². The van der Waals surface area contributed by atoms with Crippen LogP contribution in [0.2, 0.25) is 5.02 Å². The fraction of sp³-hybridized carbons (Fsp3) is 0.417. The Morgan fingerprint density at radius 2 is 2.29 bits per heavy atom. The summed E-state index contributed by atoms with van der Waals surface area (Å²) in [7, 11) is 0. The number of amides is 1. The van der Waals surface area contributed by atoms with E-state index < -0.39 is 0 Å². The molecule has 1 atom stereocenters. The first-order valence-corrected chi connectivity index (χ1v) is 6.13. The molecule has 0 aromatic heterocycles. The molecular weight excluding hydrogens is 238 g/mol. The van der Waals surface area contributed by atoms with E-state index in [0.717, 1.165) is 35.1 Å². The number of hydrogen-bond acceptors (Lipinski definition) is 3. The van der Waals surface area contributed by atoms with Crippen molar-refractivity contribution in [2.75, 3.05) is 29.9 Å². The summed E-state index contributed by atoms with van der Waals surface area (Å²) in [5.74, 6) is 0.0615. The lowest BCUT2D eigenvalue weighted by Crippen LogP contribution is -2.59. The van der Waals surface area contributed by atoms with Gasteiger partial charge in [0.25, 0.3) is 0 Å². The topological polar surface area (TPSA) is 44.4 Å². The van der Waals surface area contributed by atoms with Gasteiger partial charge in [-0.25, -0.2) is 0 Å². The molecule has 2 N–H and O–H groups in total. The number of fused-ring (bicyclic) bond motifs is 3. The third-order valence-electron chi connectivity index (χ3n) is 3.46. The number of rotatable bonds is 0. The van der Waals surface area contributed by atoms with Gasteiger partial charge in [0.05, 0.1) is 11.4 Å². The van der Waals surface area contributed by atoms with Gasteiger partial charge in [-0.1, -0.05) is 11.6 Å². The SMILES string of the molecule is Cc1c(Cl)ccc2c1N1CCNCC1C(=O)N2. The molecule has 1 aromatic carbocycles. The van der Waals surface area contributed by atoms with Crippen LogP contribution in [-0.4, -0.2) is 31.6 Å². The fourth-order valence-electron chi connectivity index (χ4n) is 2.57. The maximum atomic E-state index is 12.0. The largest absolute Gasteiger partial charge is 0.355 e. The second-order valence-electron chi connectivity index (χ2n) is 4.47. The Labute approximate surface area is 105 Å². The van der Waals surface area contributed by atoms with Gasteiger partial charge in [0, 0.05) is 24.7 Å². The van der Waals surface area contributed by atoms with Crippen LogP contribution in [-0.2, 0) is 4.79 Å². The minimum Gasteiger partial charge on any atom is -0.355 e. The predicted octanol–water partition coefficient (Wildman–Crippen LogP) is 1.38. The van der Waals surface area contributed by atoms with E-state index in [1.807, 2.05) is 19.1 Å². The van der Waals surface area contributed by atoms with Crippen LogP contribution in [0.4, 0.5) is 11.4 Å². The zero-order valence-corrected chi connectivity index (χ0v) is 10.3. The van der Waals surface area contributed by atoms with E-state index in [4.69, 9.17) is 11.6 Å². The molecular formula is C12H14ClN3O. The van der Waals surface area contributed by atoms with E-state index in [0.29, 0.717) is 6.54 Å². The molecule has 1 fully saturated rings. The van der Waals surface area contributed by atoms with Gasteiger partial charge in [-0.2, -0.15) is 0 Å². The lowest BCUT2D eigenvalue weighted by atomic mass is 10.0. The molecule has 0 radical (unpaired) electrons. The molecule has 2 aliphatic heterocycles. The summed E-state index contributed by atoms with van der Waals surface area (Å²) in [6.45, 7) is 4.43. The number of halogens is 1. The summed E-state index contributed by atoms with van der Waals surface area (Å²) < 4.78 is 0. The van der Waals surface area contributed by atoms with Gasteiger partial charge in [0.1, 0.15) is 6.04 Å². The first kappa shape index (κ1) is 10.9. The third-order valence-corrected chi connectivity index (χ3v) is 3.87. The van der Waals surface area contributed by atoms with Crippen LogP contribution < -0.4 is 15.5 Å². The first-order valence-electron chi connectivity index (χ1n) is 5.76. The Hall–Kier alpha value is -1.26. The van der Waals surface area contributed by atoms with Crippen LogP contribution in [0.1, 0.15) is 5.56 Å². The van der Waals surface area contributed by atoms with Crippen LogP contribution in [0, 0.1) is 6.92 Å². The van der Waals surface area contributed by atoms with Crippen molar-refractivity contribution in [2.24, 2.45) is 0 Å². The molecule has 17 heavy (non-hydrogen) atoms. The number of benzene rings is 1. The molecule has 0 aliphatic carbocycles. The first-order chi connectivity index (χ1) is 8.18. The number of piperazine rings is 1. The van der Waals surface area contributed by atoms with E-state index >= 15 is 0 Å². The van der Waals surface area contributed by atoms with E-state index in [-0.39, 0.29) is 11.9 Å². The van der Waals surface area contributed by atoms with Gasteiger partial charge < -0.3 is 15.5 Å². The number of nitrogens with zero attached hydrogens (tertiary/aromatic N) is 1. The van der Waals surface area contributed by atoms with Gasteiger partial charge in [-0.3, -0.25) is 4.79 Å². The summed E-state index contributed by atoms with van der Waals surface area (Å²) in [5.41, 5.74) is 2.98. The molecule has 5 heteroatoms. The molecule has 3 rings (SSSR count). The van der Waals surface area contributed by atoms with E-state index in [1.54, 1.807) is 0 Å². The quantitative estimate of drug-likeness (QED) is 0.732. The predicted molar refractivity (Wildman–Crippen MR) is 68.8 cm³/mol. The average molecular weight is 252 g/mol. The van der Waals surface area contributed by atoms with Crippen molar-refractivity contribution in [2.45, 2.75) is 13.0 Å². The molecule has 0 saturated carbocycles. The van der Waals surface area contributed by atoms with Crippen molar-refractivity contribution in [1.29, 1.82) is 0 Å².